The Balaban J connectivity index is 0.00000187. The first-order valence-corrected chi connectivity index (χ1v) is 10.7. The second-order valence-corrected chi connectivity index (χ2v) is 7.85. The maximum absolute atomic E-state index is 12.7. The number of nitrogens with zero attached hydrogens (tertiary/aromatic N) is 5. The summed E-state index contributed by atoms with van der Waals surface area (Å²) >= 11 is 0. The molecule has 0 unspecified atom stereocenters. The van der Waals surface area contributed by atoms with Crippen LogP contribution in [-0.4, -0.2) is 47.8 Å². The Morgan fingerprint density at radius 3 is 2.64 bits per heavy atom. The van der Waals surface area contributed by atoms with E-state index < -0.39 is 6.67 Å². The van der Waals surface area contributed by atoms with E-state index in [2.05, 4.69) is 45.3 Å². The van der Waals surface area contributed by atoms with Crippen LogP contribution in [0.5, 0.6) is 0 Å². The van der Waals surface area contributed by atoms with Crippen molar-refractivity contribution in [3.8, 4) is 0 Å². The number of alkyl halides is 1. The van der Waals surface area contributed by atoms with Crippen molar-refractivity contribution in [2.24, 2.45) is 10.7 Å². The highest BCUT2D eigenvalue weighted by Gasteiger charge is 2.42. The van der Waals surface area contributed by atoms with Gasteiger partial charge in [-0.3, -0.25) is 24.1 Å². The third-order valence-electron chi connectivity index (χ3n) is 5.45. The maximum Gasteiger partial charge on any atom is 0.229 e. The van der Waals surface area contributed by atoms with Crippen LogP contribution in [0.4, 0.5) is 21.8 Å². The van der Waals surface area contributed by atoms with Crippen molar-refractivity contribution >= 4 is 35.7 Å². The van der Waals surface area contributed by atoms with Gasteiger partial charge in [0.15, 0.2) is 0 Å². The largest absolute Gasteiger partial charge is 0.404 e. The molecule has 0 atom stereocenters. The van der Waals surface area contributed by atoms with Crippen LogP contribution in [0.3, 0.4) is 0 Å². The average molecular weight is 454 g/mol. The quantitative estimate of drug-likeness (QED) is 0.318. The van der Waals surface area contributed by atoms with Crippen molar-refractivity contribution in [1.82, 2.24) is 15.0 Å². The topological polar surface area (TPSA) is 109 Å². The predicted molar refractivity (Wildman–Crippen MR) is 133 cm³/mol. The molecule has 2 aromatic heterocycles. The number of rotatable bonds is 10. The molecule has 3 rings (SSSR count). The summed E-state index contributed by atoms with van der Waals surface area (Å²) < 4.78 is 12.7. The highest BCUT2D eigenvalue weighted by atomic mass is 19.1. The number of nitrogens with one attached hydrogen (secondary N) is 1. The minimum absolute atomic E-state index is 0.0459. The van der Waals surface area contributed by atoms with E-state index in [-0.39, 0.29) is 18.4 Å². The summed E-state index contributed by atoms with van der Waals surface area (Å²) in [5, 5.41) is 3.18. The Hall–Kier alpha value is -3.62. The number of hydrogen-bond acceptors (Lipinski definition) is 7. The third-order valence-corrected chi connectivity index (χ3v) is 5.45. The molecular formula is C24H32FN7O. The molecule has 176 valence electrons. The second kappa shape index (κ2) is 11.8. The van der Waals surface area contributed by atoms with E-state index in [0.29, 0.717) is 29.4 Å². The number of aromatic nitrogens is 3. The lowest BCUT2D eigenvalue weighted by atomic mass is 10.0. The van der Waals surface area contributed by atoms with Crippen LogP contribution in [0.15, 0.2) is 42.8 Å². The molecule has 1 aliphatic rings. The highest BCUT2D eigenvalue weighted by Crippen LogP contribution is 2.50. The molecular weight excluding hydrogens is 421 g/mol. The SMILES string of the molecule is C=C.CN=C/C(=C\N)c1cc(C)c(Nc2ncc(C3(C)CC3)c(N(C=O)CCCF)n2)cn1. The van der Waals surface area contributed by atoms with Crippen LogP contribution in [0.2, 0.25) is 0 Å². The van der Waals surface area contributed by atoms with Crippen LogP contribution in [0.25, 0.3) is 5.57 Å². The molecule has 0 saturated heterocycles. The number of carbonyl (C=O) groups excluding carboxylic acids is 1. The zero-order valence-electron chi connectivity index (χ0n) is 19.5. The number of anilines is 3. The fraction of sp³-hybridized carbons (Fsp3) is 0.375. The molecule has 1 aliphatic carbocycles. The van der Waals surface area contributed by atoms with E-state index in [1.807, 2.05) is 13.0 Å². The van der Waals surface area contributed by atoms with E-state index in [0.717, 1.165) is 29.7 Å². The Labute approximate surface area is 194 Å². The lowest BCUT2D eigenvalue weighted by Crippen LogP contribution is -2.27. The van der Waals surface area contributed by atoms with Gasteiger partial charge in [-0.15, -0.1) is 13.2 Å². The fourth-order valence-electron chi connectivity index (χ4n) is 3.27. The molecule has 33 heavy (non-hydrogen) atoms. The summed E-state index contributed by atoms with van der Waals surface area (Å²) in [5.74, 6) is 0.869. The van der Waals surface area contributed by atoms with Gasteiger partial charge in [0, 0.05) is 43.3 Å². The number of halogens is 1. The van der Waals surface area contributed by atoms with Crippen LogP contribution >= 0.6 is 0 Å². The smallest absolute Gasteiger partial charge is 0.229 e. The van der Waals surface area contributed by atoms with Gasteiger partial charge in [-0.05, 0) is 43.2 Å². The molecule has 0 spiro atoms. The number of hydrogen-bond donors (Lipinski definition) is 2. The Bertz CT molecular complexity index is 1020. The molecule has 0 aliphatic heterocycles. The van der Waals surface area contributed by atoms with E-state index >= 15 is 0 Å². The number of nitrogens with two attached hydrogens (primary N) is 1. The Morgan fingerprint density at radius 1 is 1.36 bits per heavy atom. The number of carbonyl (C=O) groups is 1. The first kappa shape index (κ1) is 25.6. The zero-order valence-corrected chi connectivity index (χ0v) is 19.5. The molecule has 3 N–H and O–H groups in total. The minimum atomic E-state index is -0.494. The molecule has 0 bridgehead atoms. The van der Waals surface area contributed by atoms with Gasteiger partial charge in [-0.25, -0.2) is 4.98 Å². The normalized spacial score (nSPS) is 14.4. The van der Waals surface area contributed by atoms with Crippen LogP contribution in [0.1, 0.15) is 43.0 Å². The van der Waals surface area contributed by atoms with Gasteiger partial charge in [0.2, 0.25) is 12.4 Å². The van der Waals surface area contributed by atoms with Crippen molar-refractivity contribution in [2.45, 2.75) is 38.5 Å². The van der Waals surface area contributed by atoms with E-state index in [1.165, 1.54) is 11.1 Å². The van der Waals surface area contributed by atoms with E-state index in [1.54, 1.807) is 25.7 Å². The fourth-order valence-corrected chi connectivity index (χ4v) is 3.27. The molecule has 1 saturated carbocycles. The standard InChI is InChI=1S/C22H28FN7O.C2H4/c1-15-9-18(16(10-24)11-25-3)26-13-19(15)28-21-27-12-17(22(2)5-6-22)20(29-21)30(14-31)8-4-7-23;1-2/h9-14H,4-8,24H2,1-3H3,(H,27,28,29);1-2H2/b16-10+,25-11?;. The minimum Gasteiger partial charge on any atom is -0.404 e. The number of aryl methyl sites for hydroxylation is 1. The lowest BCUT2D eigenvalue weighted by Gasteiger charge is -2.22. The summed E-state index contributed by atoms with van der Waals surface area (Å²) in [6, 6.07) is 1.89. The highest BCUT2D eigenvalue weighted by molar-refractivity contribution is 6.08. The maximum atomic E-state index is 12.7. The zero-order chi connectivity index (χ0) is 24.4. The van der Waals surface area contributed by atoms with Crippen molar-refractivity contribution in [3.63, 3.8) is 0 Å². The Morgan fingerprint density at radius 2 is 2.09 bits per heavy atom. The van der Waals surface area contributed by atoms with Crippen LogP contribution in [0, 0.1) is 6.92 Å². The molecule has 2 aromatic rings. The van der Waals surface area contributed by atoms with Gasteiger partial charge >= 0.3 is 0 Å². The molecule has 1 amide bonds. The summed E-state index contributed by atoms with van der Waals surface area (Å²) in [6.45, 7) is 9.83. The van der Waals surface area contributed by atoms with Crippen molar-refractivity contribution in [3.05, 3.63) is 54.6 Å². The van der Waals surface area contributed by atoms with Gasteiger partial charge in [0.05, 0.1) is 24.3 Å². The lowest BCUT2D eigenvalue weighted by molar-refractivity contribution is -0.107. The van der Waals surface area contributed by atoms with E-state index in [4.69, 9.17) is 5.73 Å². The van der Waals surface area contributed by atoms with Gasteiger partial charge in [-0.2, -0.15) is 4.98 Å². The predicted octanol–water partition coefficient (Wildman–Crippen LogP) is 4.10. The number of aliphatic imine (C=N–C) groups is 1. The van der Waals surface area contributed by atoms with Crippen LogP contribution < -0.4 is 16.0 Å². The van der Waals surface area contributed by atoms with Gasteiger partial charge < -0.3 is 11.1 Å². The molecule has 0 radical (unpaired) electrons. The van der Waals surface area contributed by atoms with Crippen molar-refractivity contribution in [1.29, 1.82) is 0 Å². The van der Waals surface area contributed by atoms with Gasteiger partial charge in [-0.1, -0.05) is 6.92 Å². The number of pyridine rings is 1. The monoisotopic (exact) mass is 453 g/mol. The molecule has 0 aromatic carbocycles. The number of amides is 1. The third kappa shape index (κ3) is 6.21. The van der Waals surface area contributed by atoms with Gasteiger partial charge in [0.1, 0.15) is 5.82 Å². The van der Waals surface area contributed by atoms with Crippen molar-refractivity contribution in [2.75, 3.05) is 30.5 Å². The first-order chi connectivity index (χ1) is 16.0. The summed E-state index contributed by atoms with van der Waals surface area (Å²) in [7, 11) is 1.67. The van der Waals surface area contributed by atoms with Gasteiger partial charge in [0.25, 0.3) is 0 Å². The second-order valence-electron chi connectivity index (χ2n) is 7.85. The number of allylic oxidation sites excluding steroid dienone is 1. The molecule has 1 fully saturated rings. The summed E-state index contributed by atoms with van der Waals surface area (Å²) in [6.07, 6.45) is 9.51. The van der Waals surface area contributed by atoms with Crippen LogP contribution in [-0.2, 0) is 10.2 Å². The average Bonchev–Trinajstić information content (AvgIpc) is 3.59. The molecule has 9 heteroatoms. The molecule has 2 heterocycles. The summed E-state index contributed by atoms with van der Waals surface area (Å²) in [4.78, 5) is 30.7. The summed E-state index contributed by atoms with van der Waals surface area (Å²) in [5.41, 5.74) is 9.59. The Kier molecular flexibility index (Phi) is 9.20. The molecule has 8 nitrogen and oxygen atoms in total. The van der Waals surface area contributed by atoms with Crippen molar-refractivity contribution < 1.29 is 9.18 Å². The first-order valence-electron chi connectivity index (χ1n) is 10.7. The van der Waals surface area contributed by atoms with E-state index in [9.17, 15) is 9.18 Å².